The monoisotopic (exact) mass is 341 g/mol. The van der Waals surface area contributed by atoms with E-state index in [1.54, 1.807) is 0 Å². The second-order valence-corrected chi connectivity index (χ2v) is 6.87. The van der Waals surface area contributed by atoms with Gasteiger partial charge in [0.05, 0.1) is 13.2 Å². The number of benzene rings is 1. The van der Waals surface area contributed by atoms with E-state index in [-0.39, 0.29) is 12.5 Å². The number of hydrogen-bond acceptors (Lipinski definition) is 5. The molecule has 1 aromatic heterocycles. The highest BCUT2D eigenvalue weighted by molar-refractivity contribution is 5.81. The van der Waals surface area contributed by atoms with Crippen molar-refractivity contribution in [3.63, 3.8) is 0 Å². The first-order valence-corrected chi connectivity index (χ1v) is 9.08. The fourth-order valence-electron chi connectivity index (χ4n) is 3.66. The molecule has 1 fully saturated rings. The molecular formula is C19H23N3O3. The van der Waals surface area contributed by atoms with Gasteiger partial charge in [-0.2, -0.15) is 4.98 Å². The SMILES string of the molecule is O=C(NCc1nc(C2CCCCC2)no1)C1Cc2ccccc2CO1. The van der Waals surface area contributed by atoms with Gasteiger partial charge in [0.2, 0.25) is 11.8 Å². The molecular weight excluding hydrogens is 318 g/mol. The molecule has 1 atom stereocenters. The molecule has 6 heteroatoms. The quantitative estimate of drug-likeness (QED) is 0.925. The fourth-order valence-corrected chi connectivity index (χ4v) is 3.66. The molecule has 0 saturated heterocycles. The van der Waals surface area contributed by atoms with Crippen molar-refractivity contribution in [1.29, 1.82) is 0 Å². The average Bonchev–Trinajstić information content (AvgIpc) is 3.15. The zero-order chi connectivity index (χ0) is 17.1. The van der Waals surface area contributed by atoms with Crippen LogP contribution in [0.1, 0.15) is 60.9 Å². The minimum atomic E-state index is -0.462. The van der Waals surface area contributed by atoms with E-state index in [4.69, 9.17) is 9.26 Å². The van der Waals surface area contributed by atoms with Crippen LogP contribution in [0.15, 0.2) is 28.8 Å². The van der Waals surface area contributed by atoms with Gasteiger partial charge in [0.25, 0.3) is 0 Å². The molecule has 0 radical (unpaired) electrons. The molecule has 1 N–H and O–H groups in total. The Morgan fingerprint density at radius 2 is 1.96 bits per heavy atom. The number of rotatable bonds is 4. The summed E-state index contributed by atoms with van der Waals surface area (Å²) in [6.07, 6.45) is 6.13. The zero-order valence-electron chi connectivity index (χ0n) is 14.2. The van der Waals surface area contributed by atoms with E-state index in [1.165, 1.54) is 24.8 Å². The third kappa shape index (κ3) is 3.74. The molecule has 1 aliphatic heterocycles. The van der Waals surface area contributed by atoms with Crippen LogP contribution < -0.4 is 5.32 Å². The Bertz CT molecular complexity index is 737. The summed E-state index contributed by atoms with van der Waals surface area (Å²) < 4.78 is 11.0. The van der Waals surface area contributed by atoms with Crippen LogP contribution in [-0.2, 0) is 29.1 Å². The van der Waals surface area contributed by atoms with E-state index in [0.717, 1.165) is 24.2 Å². The second-order valence-electron chi connectivity index (χ2n) is 6.87. The summed E-state index contributed by atoms with van der Waals surface area (Å²) in [5.74, 6) is 1.52. The van der Waals surface area contributed by atoms with E-state index >= 15 is 0 Å². The van der Waals surface area contributed by atoms with Crippen LogP contribution in [0.25, 0.3) is 0 Å². The van der Waals surface area contributed by atoms with Gasteiger partial charge in [0.1, 0.15) is 6.10 Å². The van der Waals surface area contributed by atoms with Gasteiger partial charge >= 0.3 is 0 Å². The maximum absolute atomic E-state index is 12.4. The number of amides is 1. The molecule has 4 rings (SSSR count). The van der Waals surface area contributed by atoms with E-state index in [2.05, 4.69) is 15.5 Å². The van der Waals surface area contributed by atoms with Crippen molar-refractivity contribution in [2.75, 3.05) is 0 Å². The van der Waals surface area contributed by atoms with Crippen molar-refractivity contribution in [2.45, 2.75) is 63.7 Å². The number of hydrogen-bond donors (Lipinski definition) is 1. The molecule has 1 amide bonds. The number of nitrogens with zero attached hydrogens (tertiary/aromatic N) is 2. The summed E-state index contributed by atoms with van der Waals surface area (Å²) in [4.78, 5) is 16.8. The van der Waals surface area contributed by atoms with Crippen LogP contribution in [-0.4, -0.2) is 22.2 Å². The van der Waals surface area contributed by atoms with Gasteiger partial charge < -0.3 is 14.6 Å². The summed E-state index contributed by atoms with van der Waals surface area (Å²) in [6.45, 7) is 0.723. The molecule has 132 valence electrons. The van der Waals surface area contributed by atoms with Crippen molar-refractivity contribution < 1.29 is 14.1 Å². The molecule has 6 nitrogen and oxygen atoms in total. The van der Waals surface area contributed by atoms with Crippen molar-refractivity contribution in [3.05, 3.63) is 47.1 Å². The minimum absolute atomic E-state index is 0.132. The predicted molar refractivity (Wildman–Crippen MR) is 90.7 cm³/mol. The average molecular weight is 341 g/mol. The highest BCUT2D eigenvalue weighted by atomic mass is 16.5. The number of ether oxygens (including phenoxy) is 1. The topological polar surface area (TPSA) is 77.3 Å². The molecule has 2 heterocycles. The van der Waals surface area contributed by atoms with E-state index in [1.807, 2.05) is 24.3 Å². The smallest absolute Gasteiger partial charge is 0.249 e. The third-order valence-corrected chi connectivity index (χ3v) is 5.12. The first-order chi connectivity index (χ1) is 12.3. The number of aromatic nitrogens is 2. The number of nitrogens with one attached hydrogen (secondary N) is 1. The van der Waals surface area contributed by atoms with Gasteiger partial charge in [-0.05, 0) is 24.0 Å². The molecule has 1 unspecified atom stereocenters. The maximum atomic E-state index is 12.4. The maximum Gasteiger partial charge on any atom is 0.249 e. The summed E-state index contributed by atoms with van der Waals surface area (Å²) in [6, 6.07) is 8.06. The number of carbonyl (C=O) groups is 1. The van der Waals surface area contributed by atoms with Gasteiger partial charge in [-0.1, -0.05) is 48.7 Å². The van der Waals surface area contributed by atoms with Crippen molar-refractivity contribution in [1.82, 2.24) is 15.5 Å². The number of carbonyl (C=O) groups excluding carboxylic acids is 1. The Morgan fingerprint density at radius 3 is 2.80 bits per heavy atom. The molecule has 25 heavy (non-hydrogen) atoms. The lowest BCUT2D eigenvalue weighted by molar-refractivity contribution is -0.134. The van der Waals surface area contributed by atoms with E-state index in [9.17, 15) is 4.79 Å². The molecule has 1 aliphatic carbocycles. The Labute approximate surface area is 147 Å². The lowest BCUT2D eigenvalue weighted by atomic mass is 9.89. The van der Waals surface area contributed by atoms with E-state index < -0.39 is 6.10 Å². The van der Waals surface area contributed by atoms with Crippen LogP contribution in [0.4, 0.5) is 0 Å². The van der Waals surface area contributed by atoms with Crippen LogP contribution in [0.2, 0.25) is 0 Å². The van der Waals surface area contributed by atoms with Gasteiger partial charge in [-0.25, -0.2) is 0 Å². The van der Waals surface area contributed by atoms with Crippen molar-refractivity contribution >= 4 is 5.91 Å². The largest absolute Gasteiger partial charge is 0.363 e. The molecule has 0 spiro atoms. The van der Waals surface area contributed by atoms with Crippen molar-refractivity contribution in [3.8, 4) is 0 Å². The Hall–Kier alpha value is -2.21. The summed E-state index contributed by atoms with van der Waals surface area (Å²) >= 11 is 0. The summed E-state index contributed by atoms with van der Waals surface area (Å²) in [7, 11) is 0. The van der Waals surface area contributed by atoms with Gasteiger partial charge in [0.15, 0.2) is 5.82 Å². The predicted octanol–water partition coefficient (Wildman–Crippen LogP) is 2.88. The first kappa shape index (κ1) is 16.3. The first-order valence-electron chi connectivity index (χ1n) is 9.08. The van der Waals surface area contributed by atoms with Gasteiger partial charge in [0, 0.05) is 12.3 Å². The third-order valence-electron chi connectivity index (χ3n) is 5.12. The number of fused-ring (bicyclic) bond motifs is 1. The molecule has 1 saturated carbocycles. The summed E-state index contributed by atoms with van der Waals surface area (Å²) in [5, 5.41) is 6.95. The summed E-state index contributed by atoms with van der Waals surface area (Å²) in [5.41, 5.74) is 2.33. The second kappa shape index (κ2) is 7.35. The van der Waals surface area contributed by atoms with Crippen LogP contribution in [0.3, 0.4) is 0 Å². The Kier molecular flexibility index (Phi) is 4.78. The standard InChI is InChI=1S/C19H23N3O3/c23-19(16-10-14-8-4-5-9-15(14)12-24-16)20-11-17-21-18(22-25-17)13-6-2-1-3-7-13/h4-5,8-9,13,16H,1-3,6-7,10-12H2,(H,20,23). The normalized spacial score (nSPS) is 20.9. The zero-order valence-corrected chi connectivity index (χ0v) is 14.2. The Morgan fingerprint density at radius 1 is 1.16 bits per heavy atom. The Balaban J connectivity index is 1.31. The molecule has 0 bridgehead atoms. The molecule has 1 aromatic carbocycles. The highest BCUT2D eigenvalue weighted by Gasteiger charge is 2.26. The van der Waals surface area contributed by atoms with E-state index in [0.29, 0.717) is 24.8 Å². The van der Waals surface area contributed by atoms with Gasteiger partial charge in [-0.15, -0.1) is 0 Å². The minimum Gasteiger partial charge on any atom is -0.363 e. The highest BCUT2D eigenvalue weighted by Crippen LogP contribution is 2.30. The van der Waals surface area contributed by atoms with Crippen molar-refractivity contribution in [2.24, 2.45) is 0 Å². The molecule has 2 aromatic rings. The molecule has 2 aliphatic rings. The lowest BCUT2D eigenvalue weighted by Gasteiger charge is -2.24. The fraction of sp³-hybridized carbons (Fsp3) is 0.526. The van der Waals surface area contributed by atoms with Crippen LogP contribution in [0.5, 0.6) is 0 Å². The van der Waals surface area contributed by atoms with Crippen LogP contribution in [0, 0.1) is 0 Å². The van der Waals surface area contributed by atoms with Gasteiger partial charge in [-0.3, -0.25) is 4.79 Å². The lowest BCUT2D eigenvalue weighted by Crippen LogP contribution is -2.39. The van der Waals surface area contributed by atoms with Crippen LogP contribution >= 0.6 is 0 Å².